The van der Waals surface area contributed by atoms with Crippen molar-refractivity contribution in [2.24, 2.45) is 5.10 Å². The smallest absolute Gasteiger partial charge is 0.270 e. The Kier molecular flexibility index (Phi) is 4.52. The average molecular weight is 266 g/mol. The molecule has 2 amide bonds. The lowest BCUT2D eigenvalue weighted by Gasteiger charge is -2.26. The van der Waals surface area contributed by atoms with E-state index in [0.29, 0.717) is 24.6 Å². The van der Waals surface area contributed by atoms with E-state index >= 15 is 0 Å². The number of carbonyl (C=O) groups is 2. The van der Waals surface area contributed by atoms with E-state index in [1.807, 2.05) is 4.90 Å². The van der Waals surface area contributed by atoms with Gasteiger partial charge in [0.05, 0.1) is 0 Å². The monoisotopic (exact) mass is 266 g/mol. The highest BCUT2D eigenvalue weighted by Gasteiger charge is 2.32. The van der Waals surface area contributed by atoms with Gasteiger partial charge in [-0.3, -0.25) is 14.5 Å². The summed E-state index contributed by atoms with van der Waals surface area (Å²) < 4.78 is 0. The molecule has 0 saturated carbocycles. The summed E-state index contributed by atoms with van der Waals surface area (Å²) in [6, 6.07) is 0.456. The van der Waals surface area contributed by atoms with Gasteiger partial charge in [-0.05, 0) is 19.5 Å². The van der Waals surface area contributed by atoms with E-state index in [4.69, 9.17) is 0 Å². The molecule has 2 aliphatic rings. The van der Waals surface area contributed by atoms with Gasteiger partial charge in [0.15, 0.2) is 0 Å². The first kappa shape index (κ1) is 14.0. The van der Waals surface area contributed by atoms with E-state index in [-0.39, 0.29) is 11.8 Å². The second-order valence-electron chi connectivity index (χ2n) is 5.01. The van der Waals surface area contributed by atoms with Crippen LogP contribution in [0.15, 0.2) is 5.10 Å². The number of nitrogens with zero attached hydrogens (tertiary/aromatic N) is 3. The minimum absolute atomic E-state index is 0.0188. The van der Waals surface area contributed by atoms with E-state index in [2.05, 4.69) is 29.3 Å². The third-order valence-corrected chi connectivity index (χ3v) is 3.93. The molecule has 1 atom stereocenters. The maximum absolute atomic E-state index is 12.3. The summed E-state index contributed by atoms with van der Waals surface area (Å²) >= 11 is 0. The van der Waals surface area contributed by atoms with Gasteiger partial charge in [0.1, 0.15) is 5.71 Å². The van der Waals surface area contributed by atoms with Crippen LogP contribution in [0.5, 0.6) is 0 Å². The fourth-order valence-electron chi connectivity index (χ4n) is 2.78. The van der Waals surface area contributed by atoms with Crippen LogP contribution in [-0.2, 0) is 9.59 Å². The number of rotatable bonds is 4. The van der Waals surface area contributed by atoms with Crippen LogP contribution < -0.4 is 5.43 Å². The average Bonchev–Trinajstić information content (AvgIpc) is 2.90. The second-order valence-corrected chi connectivity index (χ2v) is 5.01. The van der Waals surface area contributed by atoms with Gasteiger partial charge in [0.2, 0.25) is 5.91 Å². The fourth-order valence-corrected chi connectivity index (χ4v) is 2.78. The van der Waals surface area contributed by atoms with Gasteiger partial charge in [0, 0.05) is 32.0 Å². The highest BCUT2D eigenvalue weighted by atomic mass is 16.2. The summed E-state index contributed by atoms with van der Waals surface area (Å²) in [6.07, 6.45) is 1.84. The van der Waals surface area contributed by atoms with Crippen LogP contribution in [-0.4, -0.2) is 59.5 Å². The van der Waals surface area contributed by atoms with Crippen LogP contribution in [0.1, 0.15) is 33.1 Å². The Bertz CT molecular complexity index is 390. The first-order chi connectivity index (χ1) is 9.15. The zero-order chi connectivity index (χ0) is 13.8. The van der Waals surface area contributed by atoms with E-state index in [0.717, 1.165) is 32.6 Å². The van der Waals surface area contributed by atoms with Crippen molar-refractivity contribution in [1.29, 1.82) is 0 Å². The van der Waals surface area contributed by atoms with Crippen molar-refractivity contribution in [3.05, 3.63) is 0 Å². The minimum Gasteiger partial charge on any atom is -0.336 e. The molecule has 1 N–H and O–H groups in total. The van der Waals surface area contributed by atoms with Crippen molar-refractivity contribution < 1.29 is 9.59 Å². The summed E-state index contributed by atoms with van der Waals surface area (Å²) in [5.74, 6) is -0.131. The van der Waals surface area contributed by atoms with Crippen LogP contribution in [0, 0.1) is 0 Å². The summed E-state index contributed by atoms with van der Waals surface area (Å²) in [4.78, 5) is 27.5. The maximum atomic E-state index is 12.3. The van der Waals surface area contributed by atoms with Gasteiger partial charge >= 0.3 is 0 Å². The van der Waals surface area contributed by atoms with Crippen LogP contribution in [0.4, 0.5) is 0 Å². The molecule has 2 heterocycles. The lowest BCUT2D eigenvalue weighted by Crippen LogP contribution is -2.42. The highest BCUT2D eigenvalue weighted by molar-refractivity contribution is 6.39. The third kappa shape index (κ3) is 3.12. The fraction of sp³-hybridized carbons (Fsp3) is 0.769. The summed E-state index contributed by atoms with van der Waals surface area (Å²) in [5.41, 5.74) is 2.87. The normalized spacial score (nSPS) is 23.5. The van der Waals surface area contributed by atoms with Gasteiger partial charge in [-0.2, -0.15) is 5.10 Å². The van der Waals surface area contributed by atoms with Crippen LogP contribution >= 0.6 is 0 Å². The molecule has 6 heteroatoms. The summed E-state index contributed by atoms with van der Waals surface area (Å²) in [6.45, 7) is 7.88. The Morgan fingerprint density at radius 3 is 2.74 bits per heavy atom. The molecule has 0 radical (unpaired) electrons. The molecular formula is C13H22N4O2. The molecule has 19 heavy (non-hydrogen) atoms. The predicted molar refractivity (Wildman–Crippen MR) is 72.7 cm³/mol. The van der Waals surface area contributed by atoms with Crippen LogP contribution in [0.25, 0.3) is 0 Å². The molecule has 106 valence electrons. The Balaban J connectivity index is 1.93. The van der Waals surface area contributed by atoms with E-state index in [1.54, 1.807) is 0 Å². The molecule has 6 nitrogen and oxygen atoms in total. The predicted octanol–water partition coefficient (Wildman–Crippen LogP) is 0.195. The maximum Gasteiger partial charge on any atom is 0.270 e. The molecule has 0 aliphatic carbocycles. The third-order valence-electron chi connectivity index (χ3n) is 3.93. The van der Waals surface area contributed by atoms with E-state index in [1.165, 1.54) is 0 Å². The molecule has 0 aromatic heterocycles. The topological polar surface area (TPSA) is 65.0 Å². The number of likely N-dealkylation sites (tertiary alicyclic amines) is 1. The number of hydrogen-bond acceptors (Lipinski definition) is 4. The molecule has 1 saturated heterocycles. The van der Waals surface area contributed by atoms with Crippen molar-refractivity contribution in [2.75, 3.05) is 26.2 Å². The molecule has 2 aliphatic heterocycles. The second kappa shape index (κ2) is 6.14. The Morgan fingerprint density at radius 2 is 2.16 bits per heavy atom. The van der Waals surface area contributed by atoms with Gasteiger partial charge in [-0.25, -0.2) is 5.43 Å². The summed E-state index contributed by atoms with van der Waals surface area (Å²) in [7, 11) is 0. The SMILES string of the molecule is CCN(CC)C1CCN(C(=O)C2=NNC(=O)CC2)C1. The van der Waals surface area contributed by atoms with Crippen molar-refractivity contribution >= 4 is 17.5 Å². The number of nitrogens with one attached hydrogen (secondary N) is 1. The lowest BCUT2D eigenvalue weighted by atomic mass is 10.1. The van der Waals surface area contributed by atoms with Gasteiger partial charge < -0.3 is 4.90 Å². The van der Waals surface area contributed by atoms with Gasteiger partial charge in [-0.15, -0.1) is 0 Å². The van der Waals surface area contributed by atoms with Crippen LogP contribution in [0.2, 0.25) is 0 Å². The largest absolute Gasteiger partial charge is 0.336 e. The quantitative estimate of drug-likeness (QED) is 0.790. The molecule has 1 unspecified atom stereocenters. The van der Waals surface area contributed by atoms with Crippen molar-refractivity contribution in [3.63, 3.8) is 0 Å². The Hall–Kier alpha value is -1.43. The highest BCUT2D eigenvalue weighted by Crippen LogP contribution is 2.17. The molecular weight excluding hydrogens is 244 g/mol. The zero-order valence-corrected chi connectivity index (χ0v) is 11.7. The van der Waals surface area contributed by atoms with Crippen molar-refractivity contribution in [2.45, 2.75) is 39.2 Å². The Labute approximate surface area is 113 Å². The van der Waals surface area contributed by atoms with Gasteiger partial charge in [0.25, 0.3) is 5.91 Å². The van der Waals surface area contributed by atoms with E-state index in [9.17, 15) is 9.59 Å². The lowest BCUT2D eigenvalue weighted by molar-refractivity contribution is -0.124. The van der Waals surface area contributed by atoms with Crippen LogP contribution in [0.3, 0.4) is 0 Å². The molecule has 2 rings (SSSR count). The molecule has 0 bridgehead atoms. The molecule has 1 fully saturated rings. The standard InChI is InChI=1S/C13H22N4O2/c1-3-16(4-2)10-7-8-17(9-10)13(19)11-5-6-12(18)15-14-11/h10H,3-9H2,1-2H3,(H,15,18). The van der Waals surface area contributed by atoms with Crippen molar-refractivity contribution in [3.8, 4) is 0 Å². The number of likely N-dealkylation sites (N-methyl/N-ethyl adjacent to an activating group) is 1. The molecule has 0 spiro atoms. The number of carbonyl (C=O) groups excluding carboxylic acids is 2. The van der Waals surface area contributed by atoms with E-state index < -0.39 is 0 Å². The first-order valence-electron chi connectivity index (χ1n) is 7.04. The summed E-state index contributed by atoms with van der Waals surface area (Å²) in [5, 5.41) is 3.88. The first-order valence-corrected chi connectivity index (χ1v) is 7.04. The number of amides is 2. The molecule has 0 aromatic rings. The zero-order valence-electron chi connectivity index (χ0n) is 11.7. The van der Waals surface area contributed by atoms with Gasteiger partial charge in [-0.1, -0.05) is 13.8 Å². The Morgan fingerprint density at radius 1 is 1.42 bits per heavy atom. The minimum atomic E-state index is -0.112. The van der Waals surface area contributed by atoms with Crippen molar-refractivity contribution in [1.82, 2.24) is 15.2 Å². The molecule has 0 aromatic carbocycles. The number of hydrazone groups is 1. The number of hydrogen-bond donors (Lipinski definition) is 1.